The van der Waals surface area contributed by atoms with Crippen molar-refractivity contribution in [1.82, 2.24) is 24.7 Å². The molecule has 2 saturated heterocycles. The molecule has 2 fully saturated rings. The van der Waals surface area contributed by atoms with Crippen molar-refractivity contribution in [3.05, 3.63) is 17.7 Å². The summed E-state index contributed by atoms with van der Waals surface area (Å²) in [5, 5.41) is 3.34. The van der Waals surface area contributed by atoms with E-state index in [4.69, 9.17) is 0 Å². The lowest BCUT2D eigenvalue weighted by Gasteiger charge is -2.29. The Hall–Kier alpha value is -1.89. The minimum absolute atomic E-state index is 0.0245. The van der Waals surface area contributed by atoms with E-state index < -0.39 is 0 Å². The predicted octanol–water partition coefficient (Wildman–Crippen LogP) is 0.112. The van der Waals surface area contributed by atoms with Crippen molar-refractivity contribution in [1.29, 1.82) is 0 Å². The smallest absolute Gasteiger partial charge is 0.274 e. The van der Waals surface area contributed by atoms with Gasteiger partial charge in [0.1, 0.15) is 11.5 Å². The first-order valence-corrected chi connectivity index (χ1v) is 8.96. The summed E-state index contributed by atoms with van der Waals surface area (Å²) in [7, 11) is 1.88. The number of nitrogens with zero attached hydrogens (tertiary/aromatic N) is 4. The van der Waals surface area contributed by atoms with E-state index in [1.165, 1.54) is 0 Å². The Labute approximate surface area is 142 Å². The van der Waals surface area contributed by atoms with E-state index in [9.17, 15) is 9.59 Å². The van der Waals surface area contributed by atoms with Gasteiger partial charge in [0.2, 0.25) is 5.91 Å². The van der Waals surface area contributed by atoms with Gasteiger partial charge in [0, 0.05) is 58.4 Å². The molecular formula is C17H25N5O2. The zero-order chi connectivity index (χ0) is 16.7. The number of imidazole rings is 1. The third-order valence-electron chi connectivity index (χ3n) is 5.63. The van der Waals surface area contributed by atoms with Crippen molar-refractivity contribution in [2.45, 2.75) is 38.3 Å². The van der Waals surface area contributed by atoms with Crippen LogP contribution in [0.25, 0.3) is 0 Å². The standard InChI is InChI=1S/C17H25N5O2/c1-20-13-4-2-3-12(16(20)23)9-22(10-13)17(24)14-11-21-8-7-18-6-5-15(21)19-14/h11-13,18H,2-10H2,1H3/t12-,13+/m1/s1. The van der Waals surface area contributed by atoms with E-state index in [0.29, 0.717) is 18.8 Å². The van der Waals surface area contributed by atoms with Crippen LogP contribution in [0.5, 0.6) is 0 Å². The van der Waals surface area contributed by atoms with Gasteiger partial charge in [-0.1, -0.05) is 6.42 Å². The van der Waals surface area contributed by atoms with Crippen LogP contribution in [0, 0.1) is 5.92 Å². The van der Waals surface area contributed by atoms with Crippen LogP contribution in [0.15, 0.2) is 6.20 Å². The average Bonchev–Trinajstić information content (AvgIpc) is 2.68. The molecule has 2 amide bonds. The van der Waals surface area contributed by atoms with E-state index in [0.717, 1.165) is 51.1 Å². The molecule has 0 saturated carbocycles. The summed E-state index contributed by atoms with van der Waals surface area (Å²) in [6.07, 6.45) is 5.67. The van der Waals surface area contributed by atoms with Crippen molar-refractivity contribution in [2.75, 3.05) is 33.2 Å². The Kier molecular flexibility index (Phi) is 4.04. The zero-order valence-electron chi connectivity index (χ0n) is 14.2. The third-order valence-corrected chi connectivity index (χ3v) is 5.63. The average molecular weight is 331 g/mol. The van der Waals surface area contributed by atoms with Crippen molar-refractivity contribution < 1.29 is 9.59 Å². The zero-order valence-corrected chi connectivity index (χ0v) is 14.2. The number of carbonyl (C=O) groups is 2. The second kappa shape index (κ2) is 6.20. The molecule has 24 heavy (non-hydrogen) atoms. The fraction of sp³-hybridized carbons (Fsp3) is 0.706. The molecular weight excluding hydrogens is 306 g/mol. The Balaban J connectivity index is 1.57. The van der Waals surface area contributed by atoms with Crippen molar-refractivity contribution in [3.8, 4) is 0 Å². The van der Waals surface area contributed by atoms with Crippen LogP contribution in [-0.2, 0) is 17.8 Å². The van der Waals surface area contributed by atoms with E-state index >= 15 is 0 Å². The summed E-state index contributed by atoms with van der Waals surface area (Å²) in [6, 6.07) is 0.138. The summed E-state index contributed by atoms with van der Waals surface area (Å²) in [5.41, 5.74) is 0.530. The minimum Gasteiger partial charge on any atom is -0.341 e. The monoisotopic (exact) mass is 331 g/mol. The summed E-state index contributed by atoms with van der Waals surface area (Å²) in [6.45, 7) is 3.81. The number of aromatic nitrogens is 2. The second-order valence-electron chi connectivity index (χ2n) is 7.18. The van der Waals surface area contributed by atoms with Crippen LogP contribution in [0.1, 0.15) is 35.6 Å². The molecule has 4 heterocycles. The van der Waals surface area contributed by atoms with Crippen LogP contribution in [0.2, 0.25) is 0 Å². The fourth-order valence-corrected chi connectivity index (χ4v) is 4.17. The number of fused-ring (bicyclic) bond motifs is 4. The van der Waals surface area contributed by atoms with Gasteiger partial charge in [-0.2, -0.15) is 0 Å². The molecule has 2 atom stereocenters. The Morgan fingerprint density at radius 1 is 1.29 bits per heavy atom. The van der Waals surface area contributed by atoms with E-state index in [1.807, 2.05) is 23.0 Å². The Morgan fingerprint density at radius 2 is 2.17 bits per heavy atom. The van der Waals surface area contributed by atoms with Crippen molar-refractivity contribution in [3.63, 3.8) is 0 Å². The molecule has 3 aliphatic rings. The number of rotatable bonds is 1. The van der Waals surface area contributed by atoms with E-state index in [1.54, 1.807) is 0 Å². The number of nitrogens with one attached hydrogen (secondary N) is 1. The fourth-order valence-electron chi connectivity index (χ4n) is 4.17. The van der Waals surface area contributed by atoms with Crippen LogP contribution in [0.4, 0.5) is 0 Å². The summed E-state index contributed by atoms with van der Waals surface area (Å²) >= 11 is 0. The largest absolute Gasteiger partial charge is 0.341 e. The molecule has 0 unspecified atom stereocenters. The SMILES string of the molecule is CN1C(=O)[C@@H]2CCC[C@H]1CN(C(=O)c1cn3c(n1)CCNCC3)C2. The van der Waals surface area contributed by atoms with Gasteiger partial charge in [0.25, 0.3) is 5.91 Å². The highest BCUT2D eigenvalue weighted by molar-refractivity contribution is 5.93. The maximum atomic E-state index is 13.0. The van der Waals surface area contributed by atoms with Gasteiger partial charge >= 0.3 is 0 Å². The lowest BCUT2D eigenvalue weighted by molar-refractivity contribution is -0.134. The number of hydrogen-bond acceptors (Lipinski definition) is 4. The minimum atomic E-state index is -0.0592. The third kappa shape index (κ3) is 2.70. The topological polar surface area (TPSA) is 70.5 Å². The predicted molar refractivity (Wildman–Crippen MR) is 88.6 cm³/mol. The summed E-state index contributed by atoms with van der Waals surface area (Å²) in [4.78, 5) is 33.8. The summed E-state index contributed by atoms with van der Waals surface area (Å²) < 4.78 is 2.09. The number of likely N-dealkylation sites (N-methyl/N-ethyl adjacent to an activating group) is 1. The summed E-state index contributed by atoms with van der Waals surface area (Å²) in [5.74, 6) is 1.09. The van der Waals surface area contributed by atoms with Crippen LogP contribution in [0.3, 0.4) is 0 Å². The molecule has 7 heteroatoms. The quantitative estimate of drug-likeness (QED) is 0.793. The van der Waals surface area contributed by atoms with Gasteiger partial charge in [-0.05, 0) is 12.8 Å². The van der Waals surface area contributed by atoms with Crippen molar-refractivity contribution >= 4 is 11.8 Å². The second-order valence-corrected chi connectivity index (χ2v) is 7.18. The van der Waals surface area contributed by atoms with Gasteiger partial charge in [-0.3, -0.25) is 9.59 Å². The van der Waals surface area contributed by atoms with Gasteiger partial charge in [0.15, 0.2) is 0 Å². The molecule has 7 nitrogen and oxygen atoms in total. The number of hydrogen-bond donors (Lipinski definition) is 1. The van der Waals surface area contributed by atoms with E-state index in [2.05, 4.69) is 14.9 Å². The lowest BCUT2D eigenvalue weighted by atomic mass is 9.99. The molecule has 130 valence electrons. The van der Waals surface area contributed by atoms with Gasteiger partial charge in [0.05, 0.1) is 5.92 Å². The van der Waals surface area contributed by atoms with Crippen LogP contribution in [-0.4, -0.2) is 70.4 Å². The highest BCUT2D eigenvalue weighted by Crippen LogP contribution is 2.27. The molecule has 1 aromatic rings. The van der Waals surface area contributed by atoms with Gasteiger partial charge in [-0.25, -0.2) is 4.98 Å². The van der Waals surface area contributed by atoms with Gasteiger partial charge in [-0.15, -0.1) is 0 Å². The maximum absolute atomic E-state index is 13.0. The molecule has 0 aromatic carbocycles. The number of amides is 2. The highest BCUT2D eigenvalue weighted by Gasteiger charge is 2.38. The van der Waals surface area contributed by atoms with E-state index in [-0.39, 0.29) is 23.8 Å². The molecule has 2 bridgehead atoms. The molecule has 0 spiro atoms. The first-order valence-electron chi connectivity index (χ1n) is 8.96. The normalized spacial score (nSPS) is 27.5. The Morgan fingerprint density at radius 3 is 3.04 bits per heavy atom. The maximum Gasteiger partial charge on any atom is 0.274 e. The molecule has 3 aliphatic heterocycles. The molecule has 1 N–H and O–H groups in total. The molecule has 1 aromatic heterocycles. The molecule has 0 aliphatic carbocycles. The molecule has 4 rings (SSSR count). The highest BCUT2D eigenvalue weighted by atomic mass is 16.2. The van der Waals surface area contributed by atoms with Crippen molar-refractivity contribution in [2.24, 2.45) is 5.92 Å². The number of carbonyl (C=O) groups excluding carboxylic acids is 2. The lowest BCUT2D eigenvalue weighted by Crippen LogP contribution is -2.42. The first kappa shape index (κ1) is 15.6. The Bertz CT molecular complexity index is 632. The number of likely N-dealkylation sites (tertiary alicyclic amines) is 1. The van der Waals surface area contributed by atoms with Crippen LogP contribution >= 0.6 is 0 Å². The molecule has 0 radical (unpaired) electrons. The van der Waals surface area contributed by atoms with Crippen LogP contribution < -0.4 is 5.32 Å². The first-order chi connectivity index (χ1) is 11.6. The van der Waals surface area contributed by atoms with Gasteiger partial charge < -0.3 is 19.7 Å².